The fourth-order valence-electron chi connectivity index (χ4n) is 1.03. The minimum atomic E-state index is -1.22. The molecule has 0 saturated heterocycles. The van der Waals surface area contributed by atoms with Crippen LogP contribution in [0.4, 0.5) is 0 Å². The van der Waals surface area contributed by atoms with E-state index in [1.165, 1.54) is 18.4 Å². The molecule has 0 aliphatic carbocycles. The Bertz CT molecular complexity index is 388. The van der Waals surface area contributed by atoms with Gasteiger partial charge in [-0.15, -0.1) is 0 Å². The molecule has 0 fully saturated rings. The maximum absolute atomic E-state index is 11.4. The van der Waals surface area contributed by atoms with E-state index in [9.17, 15) is 9.59 Å². The summed E-state index contributed by atoms with van der Waals surface area (Å²) in [5.74, 6) is -3.00. The highest BCUT2D eigenvalue weighted by Crippen LogP contribution is 2.16. The fourth-order valence-corrected chi connectivity index (χ4v) is 1.03. The van der Waals surface area contributed by atoms with Crippen LogP contribution in [0.15, 0.2) is 22.8 Å². The van der Waals surface area contributed by atoms with Gasteiger partial charge in [-0.05, 0) is 19.1 Å². The van der Waals surface area contributed by atoms with E-state index in [2.05, 4.69) is 4.74 Å². The molecule has 0 amide bonds. The van der Waals surface area contributed by atoms with Crippen molar-refractivity contribution in [2.45, 2.75) is 12.8 Å². The predicted octanol–water partition coefficient (Wildman–Crippen LogP) is 1.02. The number of Topliss-reactive ketones (excluding diaryl/α,β-unsaturated/α-hetero) is 1. The van der Waals surface area contributed by atoms with Crippen LogP contribution in [0.2, 0.25) is 0 Å². The number of nitrogens with zero attached hydrogens (tertiary/aromatic N) is 1. The zero-order chi connectivity index (χ0) is 11.3. The summed E-state index contributed by atoms with van der Waals surface area (Å²) in [4.78, 5) is 22.5. The van der Waals surface area contributed by atoms with Crippen molar-refractivity contribution in [1.29, 1.82) is 5.26 Å². The average Bonchev–Trinajstić information content (AvgIpc) is 2.72. The van der Waals surface area contributed by atoms with Gasteiger partial charge in [-0.3, -0.25) is 4.79 Å². The van der Waals surface area contributed by atoms with Crippen LogP contribution < -0.4 is 0 Å². The first-order valence-corrected chi connectivity index (χ1v) is 4.34. The molecule has 0 aliphatic rings. The minimum absolute atomic E-state index is 0.0981. The Kier molecular flexibility index (Phi) is 3.63. The molecule has 0 aliphatic heterocycles. The van der Waals surface area contributed by atoms with Gasteiger partial charge >= 0.3 is 5.97 Å². The quantitative estimate of drug-likeness (QED) is 0.543. The molecule has 0 saturated carbocycles. The third-order valence-electron chi connectivity index (χ3n) is 1.70. The molecule has 78 valence electrons. The van der Waals surface area contributed by atoms with Gasteiger partial charge in [0.05, 0.1) is 18.9 Å². The van der Waals surface area contributed by atoms with Crippen molar-refractivity contribution in [3.8, 4) is 6.07 Å². The van der Waals surface area contributed by atoms with E-state index in [-0.39, 0.29) is 12.4 Å². The molecule has 1 heterocycles. The first-order valence-electron chi connectivity index (χ1n) is 4.34. The monoisotopic (exact) mass is 207 g/mol. The topological polar surface area (TPSA) is 80.3 Å². The smallest absolute Gasteiger partial charge is 0.376 e. The second kappa shape index (κ2) is 4.96. The Morgan fingerprint density at radius 2 is 2.40 bits per heavy atom. The summed E-state index contributed by atoms with van der Waals surface area (Å²) in [5, 5.41) is 8.75. The van der Waals surface area contributed by atoms with E-state index < -0.39 is 17.7 Å². The number of hydrogen-bond donors (Lipinski definition) is 0. The van der Waals surface area contributed by atoms with Crippen LogP contribution in [-0.2, 0) is 14.3 Å². The van der Waals surface area contributed by atoms with Crippen LogP contribution in [0.3, 0.4) is 0 Å². The first-order chi connectivity index (χ1) is 7.20. The SMILES string of the molecule is CCOC(=O)C(=O)C(C#N)c1ccco1. The highest BCUT2D eigenvalue weighted by Gasteiger charge is 2.29. The number of esters is 1. The maximum atomic E-state index is 11.4. The molecule has 0 radical (unpaired) electrons. The molecule has 0 aromatic carbocycles. The molecule has 1 atom stereocenters. The minimum Gasteiger partial charge on any atom is -0.467 e. The highest BCUT2D eigenvalue weighted by molar-refractivity contribution is 6.36. The Balaban J connectivity index is 2.82. The Hall–Kier alpha value is -2.09. The van der Waals surface area contributed by atoms with Gasteiger partial charge in [-0.2, -0.15) is 5.26 Å². The van der Waals surface area contributed by atoms with Gasteiger partial charge < -0.3 is 9.15 Å². The van der Waals surface area contributed by atoms with E-state index in [4.69, 9.17) is 9.68 Å². The van der Waals surface area contributed by atoms with E-state index >= 15 is 0 Å². The van der Waals surface area contributed by atoms with Gasteiger partial charge in [0.15, 0.2) is 5.92 Å². The number of ether oxygens (including phenoxy) is 1. The Morgan fingerprint density at radius 1 is 1.67 bits per heavy atom. The lowest BCUT2D eigenvalue weighted by Gasteiger charge is -2.03. The van der Waals surface area contributed by atoms with Gasteiger partial charge in [0.1, 0.15) is 5.76 Å². The van der Waals surface area contributed by atoms with Crippen molar-refractivity contribution < 1.29 is 18.7 Å². The van der Waals surface area contributed by atoms with Crippen LogP contribution in [0.1, 0.15) is 18.6 Å². The summed E-state index contributed by atoms with van der Waals surface area (Å²) in [6.07, 6.45) is 1.33. The van der Waals surface area contributed by atoms with Crippen molar-refractivity contribution in [2.24, 2.45) is 0 Å². The molecule has 0 bridgehead atoms. The molecule has 1 aromatic heterocycles. The van der Waals surface area contributed by atoms with Crippen LogP contribution in [-0.4, -0.2) is 18.4 Å². The number of ketones is 1. The number of furan rings is 1. The van der Waals surface area contributed by atoms with Gasteiger partial charge in [-0.25, -0.2) is 4.79 Å². The molecule has 0 N–H and O–H groups in total. The normalized spacial score (nSPS) is 11.5. The molecule has 5 nitrogen and oxygen atoms in total. The van der Waals surface area contributed by atoms with Crippen LogP contribution >= 0.6 is 0 Å². The van der Waals surface area contributed by atoms with Gasteiger partial charge in [0, 0.05) is 0 Å². The van der Waals surface area contributed by atoms with Gasteiger partial charge in [0.25, 0.3) is 5.78 Å². The zero-order valence-electron chi connectivity index (χ0n) is 8.10. The van der Waals surface area contributed by atoms with Crippen molar-refractivity contribution in [3.05, 3.63) is 24.2 Å². The van der Waals surface area contributed by atoms with Crippen LogP contribution in [0, 0.1) is 11.3 Å². The zero-order valence-corrected chi connectivity index (χ0v) is 8.10. The number of hydrogen-bond acceptors (Lipinski definition) is 5. The maximum Gasteiger partial charge on any atom is 0.376 e. The largest absolute Gasteiger partial charge is 0.467 e. The molecule has 5 heteroatoms. The third kappa shape index (κ3) is 2.44. The predicted molar refractivity (Wildman–Crippen MR) is 48.7 cm³/mol. The molecule has 1 rings (SSSR count). The van der Waals surface area contributed by atoms with Crippen molar-refractivity contribution >= 4 is 11.8 Å². The molecular weight excluding hydrogens is 198 g/mol. The third-order valence-corrected chi connectivity index (χ3v) is 1.70. The lowest BCUT2D eigenvalue weighted by molar-refractivity contribution is -0.153. The van der Waals surface area contributed by atoms with Crippen LogP contribution in [0.25, 0.3) is 0 Å². The van der Waals surface area contributed by atoms with Crippen molar-refractivity contribution in [3.63, 3.8) is 0 Å². The second-order valence-electron chi connectivity index (χ2n) is 2.66. The lowest BCUT2D eigenvalue weighted by atomic mass is 10.0. The van der Waals surface area contributed by atoms with Gasteiger partial charge in [0.2, 0.25) is 0 Å². The Morgan fingerprint density at radius 3 is 2.87 bits per heavy atom. The van der Waals surface area contributed by atoms with Crippen molar-refractivity contribution in [2.75, 3.05) is 6.61 Å². The number of nitriles is 1. The number of carbonyl (C=O) groups excluding carboxylic acids is 2. The summed E-state index contributed by atoms with van der Waals surface area (Å²) in [6.45, 7) is 1.68. The molecule has 1 aromatic rings. The standard InChI is InChI=1S/C10H9NO4/c1-2-14-10(13)9(12)7(6-11)8-4-3-5-15-8/h3-5,7H,2H2,1H3. The van der Waals surface area contributed by atoms with E-state index in [0.717, 1.165) is 0 Å². The van der Waals surface area contributed by atoms with Crippen molar-refractivity contribution in [1.82, 2.24) is 0 Å². The summed E-state index contributed by atoms with van der Waals surface area (Å²) < 4.78 is 9.39. The summed E-state index contributed by atoms with van der Waals surface area (Å²) in [5.41, 5.74) is 0. The van der Waals surface area contributed by atoms with E-state index in [0.29, 0.717) is 0 Å². The van der Waals surface area contributed by atoms with Gasteiger partial charge in [-0.1, -0.05) is 0 Å². The number of carbonyl (C=O) groups is 2. The molecule has 0 spiro atoms. The lowest BCUT2D eigenvalue weighted by Crippen LogP contribution is -2.23. The average molecular weight is 207 g/mol. The summed E-state index contributed by atoms with van der Waals surface area (Å²) in [6, 6.07) is 4.70. The first kappa shape index (κ1) is 11.0. The van der Waals surface area contributed by atoms with Crippen LogP contribution in [0.5, 0.6) is 0 Å². The second-order valence-corrected chi connectivity index (χ2v) is 2.66. The van der Waals surface area contributed by atoms with E-state index in [1.54, 1.807) is 13.0 Å². The summed E-state index contributed by atoms with van der Waals surface area (Å²) in [7, 11) is 0. The van der Waals surface area contributed by atoms with E-state index in [1.807, 2.05) is 0 Å². The molecular formula is C10H9NO4. The number of rotatable bonds is 4. The fraction of sp³-hybridized carbons (Fsp3) is 0.300. The molecule has 15 heavy (non-hydrogen) atoms. The molecule has 1 unspecified atom stereocenters. The Labute approximate surface area is 86.2 Å². The highest BCUT2D eigenvalue weighted by atomic mass is 16.5. The summed E-state index contributed by atoms with van der Waals surface area (Å²) >= 11 is 0.